The van der Waals surface area contributed by atoms with E-state index < -0.39 is 0 Å². The number of fused-ring (bicyclic) bond motifs is 1. The van der Waals surface area contributed by atoms with Crippen molar-refractivity contribution >= 4 is 38.3 Å². The summed E-state index contributed by atoms with van der Waals surface area (Å²) in [5.41, 5.74) is 4.31. The minimum atomic E-state index is -0.314. The summed E-state index contributed by atoms with van der Waals surface area (Å²) in [6, 6.07) is 12.6. The molecule has 0 radical (unpaired) electrons. The van der Waals surface area contributed by atoms with Crippen molar-refractivity contribution < 1.29 is 14.6 Å². The number of phenols is 1. The van der Waals surface area contributed by atoms with E-state index in [0.717, 1.165) is 10.2 Å². The predicted molar refractivity (Wildman–Crippen MR) is 103 cm³/mol. The summed E-state index contributed by atoms with van der Waals surface area (Å²) < 4.78 is 6.18. The lowest BCUT2D eigenvalue weighted by molar-refractivity contribution is -0.119. The van der Waals surface area contributed by atoms with Crippen molar-refractivity contribution in [2.45, 2.75) is 6.92 Å². The number of para-hydroxylation sites is 1. The number of rotatable bonds is 6. The number of phenolic OH excluding ortho intramolecular Hbond substituents is 1. The van der Waals surface area contributed by atoms with Gasteiger partial charge in [0.2, 0.25) is 0 Å². The summed E-state index contributed by atoms with van der Waals surface area (Å²) in [6.45, 7) is 1.73. The minimum absolute atomic E-state index is 0.0424. The first-order valence-electron chi connectivity index (χ1n) is 7.87. The molecule has 0 aliphatic carbocycles. The van der Waals surface area contributed by atoms with E-state index in [2.05, 4.69) is 20.8 Å². The SMILES string of the molecule is COc1ccc(O)c(/C(C)=N/NC(=O)CNc2nc3ccccc3s2)c1. The Balaban J connectivity index is 1.60. The quantitative estimate of drug-likeness (QED) is 0.458. The molecule has 0 aliphatic rings. The Hall–Kier alpha value is -3.13. The molecule has 0 spiro atoms. The first-order valence-corrected chi connectivity index (χ1v) is 8.68. The van der Waals surface area contributed by atoms with Gasteiger partial charge in [0.15, 0.2) is 5.13 Å². The zero-order valence-corrected chi connectivity index (χ0v) is 15.1. The van der Waals surface area contributed by atoms with Gasteiger partial charge in [0.25, 0.3) is 5.91 Å². The number of benzene rings is 2. The lowest BCUT2D eigenvalue weighted by atomic mass is 10.1. The summed E-state index contributed by atoms with van der Waals surface area (Å²) in [5, 5.41) is 17.6. The van der Waals surface area contributed by atoms with Crippen molar-refractivity contribution in [2.24, 2.45) is 5.10 Å². The van der Waals surface area contributed by atoms with Gasteiger partial charge in [-0.25, -0.2) is 10.4 Å². The van der Waals surface area contributed by atoms with Gasteiger partial charge in [-0.15, -0.1) is 0 Å². The minimum Gasteiger partial charge on any atom is -0.507 e. The molecule has 1 amide bonds. The van der Waals surface area contributed by atoms with E-state index in [0.29, 0.717) is 22.2 Å². The van der Waals surface area contributed by atoms with Crippen LogP contribution in [0.1, 0.15) is 12.5 Å². The zero-order valence-electron chi connectivity index (χ0n) is 14.3. The van der Waals surface area contributed by atoms with Gasteiger partial charge >= 0.3 is 0 Å². The van der Waals surface area contributed by atoms with E-state index in [1.807, 2.05) is 24.3 Å². The first kappa shape index (κ1) is 17.7. The number of carbonyl (C=O) groups is 1. The lowest BCUT2D eigenvalue weighted by Crippen LogP contribution is -2.26. The van der Waals surface area contributed by atoms with Crippen LogP contribution >= 0.6 is 11.3 Å². The van der Waals surface area contributed by atoms with Crippen LogP contribution in [-0.2, 0) is 4.79 Å². The Morgan fingerprint density at radius 1 is 1.31 bits per heavy atom. The van der Waals surface area contributed by atoms with Gasteiger partial charge < -0.3 is 15.2 Å². The molecule has 0 bridgehead atoms. The van der Waals surface area contributed by atoms with Gasteiger partial charge in [-0.1, -0.05) is 23.5 Å². The average molecular weight is 370 g/mol. The Kier molecular flexibility index (Phi) is 5.33. The summed E-state index contributed by atoms with van der Waals surface area (Å²) in [5.74, 6) is 0.344. The van der Waals surface area contributed by atoms with Gasteiger partial charge in [-0.05, 0) is 37.3 Å². The predicted octanol–water partition coefficient (Wildman–Crippen LogP) is 2.96. The van der Waals surface area contributed by atoms with Gasteiger partial charge in [0.1, 0.15) is 11.5 Å². The maximum absolute atomic E-state index is 12.0. The normalized spacial score (nSPS) is 11.4. The molecule has 8 heteroatoms. The number of ether oxygens (including phenoxy) is 1. The van der Waals surface area contributed by atoms with E-state index in [-0.39, 0.29) is 18.2 Å². The smallest absolute Gasteiger partial charge is 0.259 e. The van der Waals surface area contributed by atoms with Crippen LogP contribution in [0.4, 0.5) is 5.13 Å². The highest BCUT2D eigenvalue weighted by molar-refractivity contribution is 7.22. The second-order valence-electron chi connectivity index (χ2n) is 5.46. The maximum Gasteiger partial charge on any atom is 0.259 e. The zero-order chi connectivity index (χ0) is 18.5. The molecule has 3 aromatic rings. The summed E-state index contributed by atoms with van der Waals surface area (Å²) >= 11 is 1.48. The highest BCUT2D eigenvalue weighted by atomic mass is 32.1. The number of aromatic nitrogens is 1. The monoisotopic (exact) mass is 370 g/mol. The topological polar surface area (TPSA) is 95.8 Å². The van der Waals surface area contributed by atoms with Crippen LogP contribution in [0.3, 0.4) is 0 Å². The molecule has 2 aromatic carbocycles. The number of carbonyl (C=O) groups excluding carboxylic acids is 1. The molecule has 1 heterocycles. The third-order valence-electron chi connectivity index (χ3n) is 3.64. The largest absolute Gasteiger partial charge is 0.507 e. The molecule has 0 fully saturated rings. The number of hydrogen-bond donors (Lipinski definition) is 3. The van der Waals surface area contributed by atoms with Gasteiger partial charge in [0.05, 0.1) is 29.6 Å². The number of amides is 1. The molecule has 3 N–H and O–H groups in total. The van der Waals surface area contributed by atoms with Crippen molar-refractivity contribution in [1.82, 2.24) is 10.4 Å². The fraction of sp³-hybridized carbons (Fsp3) is 0.167. The molecule has 7 nitrogen and oxygen atoms in total. The van der Waals surface area contributed by atoms with Crippen LogP contribution < -0.4 is 15.5 Å². The molecule has 1 aromatic heterocycles. The second-order valence-corrected chi connectivity index (χ2v) is 6.49. The second kappa shape index (κ2) is 7.83. The maximum atomic E-state index is 12.0. The highest BCUT2D eigenvalue weighted by Gasteiger charge is 2.08. The molecule has 0 atom stereocenters. The fourth-order valence-electron chi connectivity index (χ4n) is 2.28. The van der Waals surface area contributed by atoms with Crippen molar-refractivity contribution in [3.05, 3.63) is 48.0 Å². The Bertz CT molecular complexity index is 935. The van der Waals surface area contributed by atoms with Crippen LogP contribution in [0, 0.1) is 0 Å². The van der Waals surface area contributed by atoms with E-state index in [1.54, 1.807) is 19.1 Å². The average Bonchev–Trinajstić information content (AvgIpc) is 3.08. The van der Waals surface area contributed by atoms with Gasteiger partial charge in [-0.3, -0.25) is 4.79 Å². The third-order valence-corrected chi connectivity index (χ3v) is 4.63. The van der Waals surface area contributed by atoms with E-state index >= 15 is 0 Å². The number of methoxy groups -OCH3 is 1. The molecule has 0 saturated heterocycles. The van der Waals surface area contributed by atoms with Gasteiger partial charge in [0, 0.05) is 5.56 Å². The summed E-state index contributed by atoms with van der Waals surface area (Å²) in [7, 11) is 1.54. The van der Waals surface area contributed by atoms with Crippen LogP contribution in [0.5, 0.6) is 11.5 Å². The Morgan fingerprint density at radius 2 is 2.12 bits per heavy atom. The van der Waals surface area contributed by atoms with E-state index in [9.17, 15) is 9.90 Å². The van der Waals surface area contributed by atoms with Crippen molar-refractivity contribution in [2.75, 3.05) is 19.0 Å². The number of anilines is 1. The Morgan fingerprint density at radius 3 is 2.88 bits per heavy atom. The first-order chi connectivity index (χ1) is 12.6. The summed E-state index contributed by atoms with van der Waals surface area (Å²) in [6.07, 6.45) is 0. The fourth-order valence-corrected chi connectivity index (χ4v) is 3.14. The number of hydrazone groups is 1. The van der Waals surface area contributed by atoms with Crippen molar-refractivity contribution in [1.29, 1.82) is 0 Å². The van der Waals surface area contributed by atoms with Crippen LogP contribution in [0.2, 0.25) is 0 Å². The summed E-state index contributed by atoms with van der Waals surface area (Å²) in [4.78, 5) is 16.4. The van der Waals surface area contributed by atoms with Gasteiger partial charge in [-0.2, -0.15) is 5.10 Å². The standard InChI is InChI=1S/C18H18N4O3S/c1-11(13-9-12(25-2)7-8-15(13)23)21-22-17(24)10-19-18-20-14-5-3-4-6-16(14)26-18/h3-9,23H,10H2,1-2H3,(H,19,20)(H,22,24)/b21-11+. The van der Waals surface area contributed by atoms with Crippen LogP contribution in [0.25, 0.3) is 10.2 Å². The third kappa shape index (κ3) is 4.09. The number of nitrogens with zero attached hydrogens (tertiary/aromatic N) is 2. The number of nitrogens with one attached hydrogen (secondary N) is 2. The number of hydrogen-bond acceptors (Lipinski definition) is 7. The lowest BCUT2D eigenvalue weighted by Gasteiger charge is -2.07. The molecule has 0 saturated carbocycles. The number of aromatic hydroxyl groups is 1. The number of thiazole rings is 1. The molecular weight excluding hydrogens is 352 g/mol. The van der Waals surface area contributed by atoms with E-state index in [1.165, 1.54) is 24.5 Å². The van der Waals surface area contributed by atoms with Crippen LogP contribution in [0.15, 0.2) is 47.6 Å². The van der Waals surface area contributed by atoms with Crippen molar-refractivity contribution in [3.63, 3.8) is 0 Å². The van der Waals surface area contributed by atoms with Crippen molar-refractivity contribution in [3.8, 4) is 11.5 Å². The molecular formula is C18H18N4O3S. The molecule has 3 rings (SSSR count). The highest BCUT2D eigenvalue weighted by Crippen LogP contribution is 2.25. The van der Waals surface area contributed by atoms with E-state index in [4.69, 9.17) is 4.74 Å². The molecule has 0 aliphatic heterocycles. The molecule has 0 unspecified atom stereocenters. The molecule has 134 valence electrons. The van der Waals surface area contributed by atoms with Crippen LogP contribution in [-0.4, -0.2) is 35.4 Å². The Labute approximate surface area is 154 Å². The molecule has 26 heavy (non-hydrogen) atoms.